The Morgan fingerprint density at radius 1 is 1.67 bits per heavy atom. The Hall–Kier alpha value is -0.330. The predicted molar refractivity (Wildman–Crippen MR) is 26.3 cm³/mol. The summed E-state index contributed by atoms with van der Waals surface area (Å²) >= 11 is 0. The second-order valence-corrected chi connectivity index (χ2v) is 1.81. The summed E-state index contributed by atoms with van der Waals surface area (Å²) in [6.07, 6.45) is 4.88. The summed E-state index contributed by atoms with van der Waals surface area (Å²) in [6, 6.07) is 0. The SMILES string of the molecule is C[N+]1=CCCC1. The van der Waals surface area contributed by atoms with Gasteiger partial charge < -0.3 is 0 Å². The Balaban J connectivity index is 2.45. The van der Waals surface area contributed by atoms with Gasteiger partial charge in [0.05, 0.1) is 0 Å². The summed E-state index contributed by atoms with van der Waals surface area (Å²) in [4.78, 5) is 0. The van der Waals surface area contributed by atoms with Gasteiger partial charge in [-0.05, 0) is 0 Å². The van der Waals surface area contributed by atoms with Crippen LogP contribution in [0.25, 0.3) is 0 Å². The van der Waals surface area contributed by atoms with Crippen molar-refractivity contribution in [2.75, 3.05) is 13.6 Å². The summed E-state index contributed by atoms with van der Waals surface area (Å²) in [5.41, 5.74) is 0. The standard InChI is InChI=1S/C5H10N/c1-6-4-2-3-5-6/h4H,2-3,5H2,1H3/q+1. The fourth-order valence-electron chi connectivity index (χ4n) is 0.744. The van der Waals surface area contributed by atoms with E-state index in [0.29, 0.717) is 0 Å². The van der Waals surface area contributed by atoms with Crippen LogP contribution in [0.2, 0.25) is 0 Å². The van der Waals surface area contributed by atoms with Crippen molar-refractivity contribution in [3.05, 3.63) is 0 Å². The number of nitrogens with zero attached hydrogens (tertiary/aromatic N) is 1. The minimum atomic E-state index is 1.26. The quantitative estimate of drug-likeness (QED) is 0.376. The van der Waals surface area contributed by atoms with Crippen molar-refractivity contribution in [1.29, 1.82) is 0 Å². The molecule has 1 aliphatic heterocycles. The molecule has 0 aliphatic carbocycles. The van der Waals surface area contributed by atoms with Crippen LogP contribution in [0.1, 0.15) is 12.8 Å². The van der Waals surface area contributed by atoms with Gasteiger partial charge in [0.25, 0.3) is 0 Å². The number of rotatable bonds is 0. The normalized spacial score (nSPS) is 21.2. The fraction of sp³-hybridized carbons (Fsp3) is 0.800. The van der Waals surface area contributed by atoms with E-state index in [1.165, 1.54) is 19.4 Å². The number of hydrogen-bond acceptors (Lipinski definition) is 0. The Morgan fingerprint density at radius 2 is 2.50 bits per heavy atom. The lowest BCUT2D eigenvalue weighted by Crippen LogP contribution is -1.97. The first-order valence-electron chi connectivity index (χ1n) is 2.43. The number of hydrogen-bond donors (Lipinski definition) is 0. The maximum atomic E-state index is 2.24. The average Bonchev–Trinajstić information content (AvgIpc) is 1.86. The van der Waals surface area contributed by atoms with Crippen molar-refractivity contribution in [3.63, 3.8) is 0 Å². The second-order valence-electron chi connectivity index (χ2n) is 1.81. The van der Waals surface area contributed by atoms with E-state index >= 15 is 0 Å². The molecule has 1 aliphatic rings. The molecule has 6 heavy (non-hydrogen) atoms. The minimum Gasteiger partial charge on any atom is -0.242 e. The maximum absolute atomic E-state index is 2.24. The van der Waals surface area contributed by atoms with Crippen LogP contribution in [0.5, 0.6) is 0 Å². The molecule has 0 fully saturated rings. The molecule has 0 unspecified atom stereocenters. The molecule has 0 aromatic carbocycles. The molecule has 34 valence electrons. The van der Waals surface area contributed by atoms with E-state index in [2.05, 4.69) is 17.8 Å². The molecule has 1 heteroatoms. The topological polar surface area (TPSA) is 3.01 Å². The Morgan fingerprint density at radius 3 is 2.67 bits per heavy atom. The monoisotopic (exact) mass is 84.1 g/mol. The van der Waals surface area contributed by atoms with Crippen LogP contribution >= 0.6 is 0 Å². The molecule has 0 atom stereocenters. The highest BCUT2D eigenvalue weighted by molar-refractivity contribution is 5.52. The molecular formula is C5H10N+. The zero-order valence-corrected chi connectivity index (χ0v) is 4.15. The van der Waals surface area contributed by atoms with Crippen LogP contribution in [0, 0.1) is 0 Å². The van der Waals surface area contributed by atoms with E-state index in [1.54, 1.807) is 0 Å². The third-order valence-corrected chi connectivity index (χ3v) is 1.16. The highest BCUT2D eigenvalue weighted by Gasteiger charge is 2.01. The van der Waals surface area contributed by atoms with Crippen LogP contribution in [0.4, 0.5) is 0 Å². The van der Waals surface area contributed by atoms with Crippen LogP contribution < -0.4 is 0 Å². The Labute approximate surface area is 38.3 Å². The lowest BCUT2D eigenvalue weighted by Gasteiger charge is -1.77. The lowest BCUT2D eigenvalue weighted by molar-refractivity contribution is -0.484. The molecule has 0 spiro atoms. The predicted octanol–water partition coefficient (Wildman–Crippen LogP) is 0.493. The van der Waals surface area contributed by atoms with Gasteiger partial charge in [-0.25, -0.2) is 4.58 Å². The molecule has 0 N–H and O–H groups in total. The fourth-order valence-corrected chi connectivity index (χ4v) is 0.744. The van der Waals surface area contributed by atoms with Crippen LogP contribution in [-0.4, -0.2) is 24.4 Å². The van der Waals surface area contributed by atoms with Gasteiger partial charge in [0.15, 0.2) is 0 Å². The summed E-state index contributed by atoms with van der Waals surface area (Å²) in [7, 11) is 2.12. The third-order valence-electron chi connectivity index (χ3n) is 1.16. The van der Waals surface area contributed by atoms with E-state index in [-0.39, 0.29) is 0 Å². The first-order chi connectivity index (χ1) is 2.89. The van der Waals surface area contributed by atoms with Gasteiger partial charge in [0, 0.05) is 12.8 Å². The highest BCUT2D eigenvalue weighted by Crippen LogP contribution is 1.91. The smallest absolute Gasteiger partial charge is 0.142 e. The second kappa shape index (κ2) is 1.41. The summed E-state index contributed by atoms with van der Waals surface area (Å²) in [5.74, 6) is 0. The van der Waals surface area contributed by atoms with E-state index < -0.39 is 0 Å². The van der Waals surface area contributed by atoms with E-state index in [1.807, 2.05) is 0 Å². The van der Waals surface area contributed by atoms with Gasteiger partial charge in [-0.15, -0.1) is 0 Å². The Kier molecular flexibility index (Phi) is 0.906. The van der Waals surface area contributed by atoms with Crippen LogP contribution in [0.15, 0.2) is 0 Å². The van der Waals surface area contributed by atoms with Crippen molar-refractivity contribution < 1.29 is 4.58 Å². The van der Waals surface area contributed by atoms with Gasteiger partial charge in [-0.2, -0.15) is 0 Å². The van der Waals surface area contributed by atoms with Gasteiger partial charge in [0.1, 0.15) is 19.8 Å². The van der Waals surface area contributed by atoms with E-state index in [4.69, 9.17) is 0 Å². The molecule has 0 amide bonds. The molecule has 1 rings (SSSR count). The molecular weight excluding hydrogens is 74.1 g/mol. The van der Waals surface area contributed by atoms with Gasteiger partial charge >= 0.3 is 0 Å². The molecule has 0 saturated heterocycles. The maximum Gasteiger partial charge on any atom is 0.142 e. The van der Waals surface area contributed by atoms with Crippen molar-refractivity contribution in [1.82, 2.24) is 0 Å². The molecule has 0 radical (unpaired) electrons. The molecule has 0 aromatic rings. The van der Waals surface area contributed by atoms with E-state index in [0.717, 1.165) is 0 Å². The average molecular weight is 84.1 g/mol. The first kappa shape index (κ1) is 3.85. The van der Waals surface area contributed by atoms with E-state index in [9.17, 15) is 0 Å². The zero-order chi connectivity index (χ0) is 4.41. The van der Waals surface area contributed by atoms with Crippen LogP contribution in [-0.2, 0) is 0 Å². The van der Waals surface area contributed by atoms with Gasteiger partial charge in [-0.3, -0.25) is 0 Å². The summed E-state index contributed by atoms with van der Waals surface area (Å²) in [5, 5.41) is 0. The van der Waals surface area contributed by atoms with Gasteiger partial charge in [-0.1, -0.05) is 0 Å². The minimum absolute atomic E-state index is 1.26. The first-order valence-corrected chi connectivity index (χ1v) is 2.43. The zero-order valence-electron chi connectivity index (χ0n) is 4.15. The summed E-state index contributed by atoms with van der Waals surface area (Å²) < 4.78 is 2.24. The van der Waals surface area contributed by atoms with Crippen LogP contribution in [0.3, 0.4) is 0 Å². The van der Waals surface area contributed by atoms with Crippen molar-refractivity contribution in [2.45, 2.75) is 12.8 Å². The lowest BCUT2D eigenvalue weighted by atomic mass is 10.4. The third kappa shape index (κ3) is 0.588. The molecule has 0 saturated carbocycles. The van der Waals surface area contributed by atoms with Crippen molar-refractivity contribution in [3.8, 4) is 0 Å². The summed E-state index contributed by atoms with van der Waals surface area (Å²) in [6.45, 7) is 1.26. The molecule has 1 nitrogen and oxygen atoms in total. The van der Waals surface area contributed by atoms with Crippen molar-refractivity contribution in [2.24, 2.45) is 0 Å². The largest absolute Gasteiger partial charge is 0.242 e. The highest BCUT2D eigenvalue weighted by atomic mass is 15.0. The molecule has 0 aromatic heterocycles. The molecule has 1 heterocycles. The van der Waals surface area contributed by atoms with Crippen molar-refractivity contribution >= 4 is 6.21 Å². The van der Waals surface area contributed by atoms with Gasteiger partial charge in [0.2, 0.25) is 0 Å². The Bertz CT molecular complexity index is 74.0. The molecule has 0 bridgehead atoms.